The summed E-state index contributed by atoms with van der Waals surface area (Å²) in [5.41, 5.74) is 6.41. The van der Waals surface area contributed by atoms with Crippen LogP contribution in [0, 0.1) is 0 Å². The summed E-state index contributed by atoms with van der Waals surface area (Å²) in [7, 11) is 1.55. The number of nitrogens with one attached hydrogen (secondary N) is 2. The van der Waals surface area contributed by atoms with E-state index in [0.29, 0.717) is 29.5 Å². The maximum absolute atomic E-state index is 10.6. The fraction of sp³-hybridized carbons (Fsp3) is 0.333. The van der Waals surface area contributed by atoms with E-state index in [9.17, 15) is 4.79 Å². The SMILES string of the molecule is COc1ccc(NC(N)=NCCNC(C)=O)cc1Cl. The van der Waals surface area contributed by atoms with Crippen molar-refractivity contribution in [3.05, 3.63) is 23.2 Å². The van der Waals surface area contributed by atoms with Crippen LogP contribution in [-0.4, -0.2) is 32.1 Å². The van der Waals surface area contributed by atoms with Gasteiger partial charge in [-0.1, -0.05) is 11.6 Å². The molecule has 0 radical (unpaired) electrons. The molecule has 1 aromatic rings. The van der Waals surface area contributed by atoms with Crippen LogP contribution < -0.4 is 21.1 Å². The molecule has 0 aromatic heterocycles. The number of guanidine groups is 1. The van der Waals surface area contributed by atoms with Gasteiger partial charge in [-0.15, -0.1) is 0 Å². The van der Waals surface area contributed by atoms with Gasteiger partial charge in [0.05, 0.1) is 18.7 Å². The van der Waals surface area contributed by atoms with Gasteiger partial charge < -0.3 is 21.1 Å². The van der Waals surface area contributed by atoms with Crippen molar-refractivity contribution in [2.45, 2.75) is 6.92 Å². The standard InChI is InChI=1S/C12H17ClN4O2/c1-8(18)15-5-6-16-12(14)17-9-3-4-11(19-2)10(13)7-9/h3-4,7H,5-6H2,1-2H3,(H,15,18)(H3,14,16,17). The van der Waals surface area contributed by atoms with Gasteiger partial charge in [0.2, 0.25) is 5.91 Å². The van der Waals surface area contributed by atoms with Crippen molar-refractivity contribution in [2.75, 3.05) is 25.5 Å². The Morgan fingerprint density at radius 3 is 2.84 bits per heavy atom. The van der Waals surface area contributed by atoms with Gasteiger partial charge in [0.25, 0.3) is 0 Å². The van der Waals surface area contributed by atoms with E-state index in [1.54, 1.807) is 25.3 Å². The van der Waals surface area contributed by atoms with E-state index in [2.05, 4.69) is 15.6 Å². The van der Waals surface area contributed by atoms with E-state index in [-0.39, 0.29) is 11.9 Å². The highest BCUT2D eigenvalue weighted by Crippen LogP contribution is 2.26. The predicted octanol–water partition coefficient (Wildman–Crippen LogP) is 1.21. The molecule has 6 nitrogen and oxygen atoms in total. The Labute approximate surface area is 117 Å². The molecule has 0 saturated carbocycles. The number of methoxy groups -OCH3 is 1. The van der Waals surface area contributed by atoms with Crippen LogP contribution in [0.15, 0.2) is 23.2 Å². The molecule has 1 rings (SSSR count). The summed E-state index contributed by atoms with van der Waals surface area (Å²) in [5.74, 6) is 0.753. The third kappa shape index (κ3) is 5.48. The first-order valence-corrected chi connectivity index (χ1v) is 6.05. The average Bonchev–Trinajstić information content (AvgIpc) is 2.35. The van der Waals surface area contributed by atoms with Crippen LogP contribution in [0.3, 0.4) is 0 Å². The maximum atomic E-state index is 10.6. The van der Waals surface area contributed by atoms with Crippen molar-refractivity contribution in [2.24, 2.45) is 10.7 Å². The molecule has 19 heavy (non-hydrogen) atoms. The summed E-state index contributed by atoms with van der Waals surface area (Å²) in [4.78, 5) is 14.7. The molecule has 0 spiro atoms. The topological polar surface area (TPSA) is 88.7 Å². The van der Waals surface area contributed by atoms with Gasteiger partial charge in [-0.05, 0) is 18.2 Å². The number of nitrogens with zero attached hydrogens (tertiary/aromatic N) is 1. The molecule has 0 atom stereocenters. The van der Waals surface area contributed by atoms with Gasteiger partial charge in [0, 0.05) is 19.2 Å². The summed E-state index contributed by atoms with van der Waals surface area (Å²) < 4.78 is 5.05. The quantitative estimate of drug-likeness (QED) is 0.431. The van der Waals surface area contributed by atoms with Crippen molar-refractivity contribution in [1.29, 1.82) is 0 Å². The average molecular weight is 285 g/mol. The number of carbonyl (C=O) groups excluding carboxylic acids is 1. The second-order valence-electron chi connectivity index (χ2n) is 3.72. The molecule has 0 aliphatic rings. The van der Waals surface area contributed by atoms with Crippen LogP contribution >= 0.6 is 11.6 Å². The molecule has 104 valence electrons. The van der Waals surface area contributed by atoms with Crippen LogP contribution in [0.1, 0.15) is 6.92 Å². The van der Waals surface area contributed by atoms with Crippen molar-refractivity contribution in [1.82, 2.24) is 5.32 Å². The molecule has 0 aliphatic heterocycles. The summed E-state index contributed by atoms with van der Waals surface area (Å²) >= 11 is 5.98. The van der Waals surface area contributed by atoms with Crippen molar-refractivity contribution in [3.8, 4) is 5.75 Å². The number of halogens is 1. The first kappa shape index (κ1) is 15.1. The molecule has 0 unspecified atom stereocenters. The van der Waals surface area contributed by atoms with Gasteiger partial charge in [0.15, 0.2) is 5.96 Å². The fourth-order valence-electron chi connectivity index (χ4n) is 1.34. The lowest BCUT2D eigenvalue weighted by Crippen LogP contribution is -2.26. The van der Waals surface area contributed by atoms with E-state index in [4.69, 9.17) is 22.1 Å². The lowest BCUT2D eigenvalue weighted by atomic mass is 10.3. The third-order valence-corrected chi connectivity index (χ3v) is 2.49. The van der Waals surface area contributed by atoms with Gasteiger partial charge >= 0.3 is 0 Å². The zero-order chi connectivity index (χ0) is 14.3. The highest BCUT2D eigenvalue weighted by atomic mass is 35.5. The second-order valence-corrected chi connectivity index (χ2v) is 4.13. The Balaban J connectivity index is 2.51. The highest BCUT2D eigenvalue weighted by Gasteiger charge is 2.02. The first-order valence-electron chi connectivity index (χ1n) is 5.68. The van der Waals surface area contributed by atoms with E-state index in [1.807, 2.05) is 0 Å². The molecule has 0 fully saturated rings. The molecule has 1 amide bonds. The van der Waals surface area contributed by atoms with Crippen LogP contribution in [0.25, 0.3) is 0 Å². The Kier molecular flexibility index (Phi) is 5.95. The summed E-state index contributed by atoms with van der Waals surface area (Å²) in [6, 6.07) is 5.20. The van der Waals surface area contributed by atoms with Crippen molar-refractivity contribution in [3.63, 3.8) is 0 Å². The second kappa shape index (κ2) is 7.48. The monoisotopic (exact) mass is 284 g/mol. The molecular formula is C12H17ClN4O2. The van der Waals surface area contributed by atoms with Gasteiger partial charge in [0.1, 0.15) is 5.75 Å². The predicted molar refractivity (Wildman–Crippen MR) is 76.8 cm³/mol. The van der Waals surface area contributed by atoms with Crippen LogP contribution in [0.2, 0.25) is 5.02 Å². The van der Waals surface area contributed by atoms with E-state index in [0.717, 1.165) is 0 Å². The Morgan fingerprint density at radius 1 is 1.53 bits per heavy atom. The minimum atomic E-state index is -0.0938. The third-order valence-electron chi connectivity index (χ3n) is 2.19. The normalized spacial score (nSPS) is 11.0. The van der Waals surface area contributed by atoms with E-state index in [1.165, 1.54) is 6.92 Å². The fourth-order valence-corrected chi connectivity index (χ4v) is 1.60. The van der Waals surface area contributed by atoms with Gasteiger partial charge in [-0.2, -0.15) is 0 Å². The molecule has 4 N–H and O–H groups in total. The smallest absolute Gasteiger partial charge is 0.216 e. The number of benzene rings is 1. The number of hydrogen-bond acceptors (Lipinski definition) is 3. The zero-order valence-electron chi connectivity index (χ0n) is 10.9. The van der Waals surface area contributed by atoms with E-state index < -0.39 is 0 Å². The largest absolute Gasteiger partial charge is 0.495 e. The number of ether oxygens (including phenoxy) is 1. The summed E-state index contributed by atoms with van der Waals surface area (Å²) in [6.07, 6.45) is 0. The first-order chi connectivity index (χ1) is 9.02. The van der Waals surface area contributed by atoms with E-state index >= 15 is 0 Å². The van der Waals surface area contributed by atoms with Crippen molar-refractivity contribution >= 4 is 29.2 Å². The number of anilines is 1. The zero-order valence-corrected chi connectivity index (χ0v) is 11.6. The maximum Gasteiger partial charge on any atom is 0.216 e. The molecule has 7 heteroatoms. The molecule has 0 bridgehead atoms. The molecule has 1 aromatic carbocycles. The minimum Gasteiger partial charge on any atom is -0.495 e. The number of carbonyl (C=O) groups is 1. The van der Waals surface area contributed by atoms with Crippen LogP contribution in [-0.2, 0) is 4.79 Å². The number of nitrogens with two attached hydrogens (primary N) is 1. The van der Waals surface area contributed by atoms with Gasteiger partial charge in [-0.25, -0.2) is 0 Å². The lowest BCUT2D eigenvalue weighted by molar-refractivity contribution is -0.118. The number of rotatable bonds is 5. The van der Waals surface area contributed by atoms with Crippen molar-refractivity contribution < 1.29 is 9.53 Å². The molecule has 0 aliphatic carbocycles. The number of aliphatic imine (C=N–C) groups is 1. The van der Waals surface area contributed by atoms with Crippen LogP contribution in [0.4, 0.5) is 5.69 Å². The molecule has 0 heterocycles. The van der Waals surface area contributed by atoms with Gasteiger partial charge in [-0.3, -0.25) is 9.79 Å². The molecule has 0 saturated heterocycles. The Bertz CT molecular complexity index is 477. The Morgan fingerprint density at radius 2 is 2.26 bits per heavy atom. The number of hydrogen-bond donors (Lipinski definition) is 3. The van der Waals surface area contributed by atoms with Crippen LogP contribution in [0.5, 0.6) is 5.75 Å². The lowest BCUT2D eigenvalue weighted by Gasteiger charge is -2.08. The summed E-state index contributed by atoms with van der Waals surface area (Å²) in [5, 5.41) is 6.00. The molecular weight excluding hydrogens is 268 g/mol. The Hall–Kier alpha value is -1.95. The number of amides is 1. The minimum absolute atomic E-state index is 0.0938. The highest BCUT2D eigenvalue weighted by molar-refractivity contribution is 6.32. The summed E-state index contributed by atoms with van der Waals surface area (Å²) in [6.45, 7) is 2.30.